The Bertz CT molecular complexity index is 945. The minimum Gasteiger partial charge on any atom is -0.376 e. The summed E-state index contributed by atoms with van der Waals surface area (Å²) in [6.07, 6.45) is 1.85. The Balaban J connectivity index is 1.64. The zero-order valence-corrected chi connectivity index (χ0v) is 16.2. The van der Waals surface area contributed by atoms with Crippen LogP contribution in [-0.2, 0) is 4.74 Å². The van der Waals surface area contributed by atoms with Gasteiger partial charge in [0.05, 0.1) is 38.5 Å². The molecule has 1 atom stereocenters. The first-order valence-electron chi connectivity index (χ1n) is 8.84. The van der Waals surface area contributed by atoms with Crippen molar-refractivity contribution in [2.24, 2.45) is 0 Å². The fourth-order valence-electron chi connectivity index (χ4n) is 3.42. The molecular formula is C20H16Cl2N2O4. The number of rotatable bonds is 4. The summed E-state index contributed by atoms with van der Waals surface area (Å²) in [5.74, 6) is -1.46. The lowest BCUT2D eigenvalue weighted by Gasteiger charge is -2.18. The Morgan fingerprint density at radius 3 is 2.36 bits per heavy atom. The van der Waals surface area contributed by atoms with Crippen LogP contribution in [0, 0.1) is 0 Å². The molecule has 1 N–H and O–H groups in total. The van der Waals surface area contributed by atoms with Gasteiger partial charge in [-0.05, 0) is 37.1 Å². The van der Waals surface area contributed by atoms with Crippen LogP contribution in [0.4, 0.5) is 5.69 Å². The van der Waals surface area contributed by atoms with Crippen molar-refractivity contribution in [2.45, 2.75) is 18.9 Å². The Hall–Kier alpha value is -2.41. The maximum atomic E-state index is 12.9. The lowest BCUT2D eigenvalue weighted by Crippen LogP contribution is -2.35. The Labute approximate surface area is 171 Å². The Morgan fingerprint density at radius 2 is 1.75 bits per heavy atom. The van der Waals surface area contributed by atoms with E-state index in [1.165, 1.54) is 12.1 Å². The van der Waals surface area contributed by atoms with Crippen LogP contribution < -0.4 is 10.2 Å². The van der Waals surface area contributed by atoms with Gasteiger partial charge in [0.25, 0.3) is 17.7 Å². The summed E-state index contributed by atoms with van der Waals surface area (Å²) in [6.45, 7) is 1.07. The van der Waals surface area contributed by atoms with Crippen molar-refractivity contribution >= 4 is 46.6 Å². The van der Waals surface area contributed by atoms with E-state index in [2.05, 4.69) is 5.32 Å². The average molecular weight is 419 g/mol. The number of hydrogen-bond acceptors (Lipinski definition) is 4. The van der Waals surface area contributed by atoms with Crippen LogP contribution in [0.1, 0.15) is 43.9 Å². The second kappa shape index (κ2) is 7.54. The summed E-state index contributed by atoms with van der Waals surface area (Å²) in [4.78, 5) is 39.4. The van der Waals surface area contributed by atoms with Gasteiger partial charge in [-0.25, -0.2) is 4.90 Å². The molecule has 6 nitrogen and oxygen atoms in total. The Morgan fingerprint density at radius 1 is 1.11 bits per heavy atom. The fourth-order valence-corrected chi connectivity index (χ4v) is 3.75. The lowest BCUT2D eigenvalue weighted by molar-refractivity contribution is 0.0858. The molecule has 3 amide bonds. The van der Waals surface area contributed by atoms with Crippen molar-refractivity contribution in [3.05, 3.63) is 63.1 Å². The zero-order valence-electron chi connectivity index (χ0n) is 14.7. The number of carbonyl (C=O) groups is 3. The van der Waals surface area contributed by atoms with Gasteiger partial charge in [-0.15, -0.1) is 0 Å². The molecule has 0 spiro atoms. The molecule has 2 aromatic rings. The summed E-state index contributed by atoms with van der Waals surface area (Å²) >= 11 is 12.0. The fraction of sp³-hybridized carbons (Fsp3) is 0.250. The van der Waals surface area contributed by atoms with E-state index in [9.17, 15) is 14.4 Å². The number of anilines is 1. The third-order valence-electron chi connectivity index (χ3n) is 4.83. The maximum absolute atomic E-state index is 12.9. The van der Waals surface area contributed by atoms with Crippen LogP contribution in [0.5, 0.6) is 0 Å². The van der Waals surface area contributed by atoms with Gasteiger partial charge in [0.1, 0.15) is 0 Å². The van der Waals surface area contributed by atoms with Crippen molar-refractivity contribution in [3.63, 3.8) is 0 Å². The molecule has 2 aliphatic rings. The molecule has 4 rings (SSSR count). The number of nitrogens with zero attached hydrogens (tertiary/aromatic N) is 1. The predicted octanol–water partition coefficient (Wildman–Crippen LogP) is 3.70. The number of halogens is 2. The van der Waals surface area contributed by atoms with Gasteiger partial charge in [0.2, 0.25) is 0 Å². The van der Waals surface area contributed by atoms with E-state index in [4.69, 9.17) is 27.9 Å². The molecular weight excluding hydrogens is 403 g/mol. The summed E-state index contributed by atoms with van der Waals surface area (Å²) < 4.78 is 5.51. The number of nitrogens with one attached hydrogen (secondary N) is 1. The monoisotopic (exact) mass is 418 g/mol. The first kappa shape index (κ1) is 18.9. The summed E-state index contributed by atoms with van der Waals surface area (Å²) in [7, 11) is 0. The number of ether oxygens (including phenoxy) is 1. The molecule has 8 heteroatoms. The molecule has 0 unspecified atom stereocenters. The van der Waals surface area contributed by atoms with Gasteiger partial charge in [-0.2, -0.15) is 0 Å². The molecule has 0 aliphatic carbocycles. The van der Waals surface area contributed by atoms with E-state index >= 15 is 0 Å². The first-order chi connectivity index (χ1) is 13.5. The molecule has 0 bridgehead atoms. The van der Waals surface area contributed by atoms with Crippen LogP contribution in [0.15, 0.2) is 36.4 Å². The average Bonchev–Trinajstić information content (AvgIpc) is 3.28. The topological polar surface area (TPSA) is 75.7 Å². The number of hydrogen-bond donors (Lipinski definition) is 1. The largest absolute Gasteiger partial charge is 0.376 e. The minimum atomic E-state index is -0.544. The Kier molecular flexibility index (Phi) is 5.10. The number of carbonyl (C=O) groups excluding carboxylic acids is 3. The molecule has 144 valence electrons. The van der Waals surface area contributed by atoms with Crippen LogP contribution in [0.2, 0.25) is 10.0 Å². The van der Waals surface area contributed by atoms with E-state index in [1.807, 2.05) is 0 Å². The highest BCUT2D eigenvalue weighted by atomic mass is 35.5. The molecule has 2 aliphatic heterocycles. The van der Waals surface area contributed by atoms with E-state index in [1.54, 1.807) is 24.3 Å². The van der Waals surface area contributed by atoms with E-state index in [0.29, 0.717) is 13.2 Å². The second-order valence-electron chi connectivity index (χ2n) is 6.62. The van der Waals surface area contributed by atoms with E-state index in [0.717, 1.165) is 17.7 Å². The van der Waals surface area contributed by atoms with E-state index < -0.39 is 11.8 Å². The second-order valence-corrected chi connectivity index (χ2v) is 7.43. The number of amides is 3. The van der Waals surface area contributed by atoms with Gasteiger partial charge in [0.15, 0.2) is 0 Å². The predicted molar refractivity (Wildman–Crippen MR) is 105 cm³/mol. The maximum Gasteiger partial charge on any atom is 0.266 e. The van der Waals surface area contributed by atoms with Crippen molar-refractivity contribution in [1.29, 1.82) is 0 Å². The highest BCUT2D eigenvalue weighted by Crippen LogP contribution is 2.35. The van der Waals surface area contributed by atoms with Crippen molar-refractivity contribution in [2.75, 3.05) is 18.1 Å². The molecule has 28 heavy (non-hydrogen) atoms. The molecule has 2 heterocycles. The summed E-state index contributed by atoms with van der Waals surface area (Å²) in [6, 6.07) is 9.22. The highest BCUT2D eigenvalue weighted by molar-refractivity contribution is 6.44. The molecule has 1 fully saturated rings. The number of imide groups is 1. The van der Waals surface area contributed by atoms with Gasteiger partial charge >= 0.3 is 0 Å². The van der Waals surface area contributed by atoms with Gasteiger partial charge in [0, 0.05) is 13.2 Å². The summed E-state index contributed by atoms with van der Waals surface area (Å²) in [5, 5.41) is 3.19. The molecule has 0 radical (unpaired) electrons. The van der Waals surface area contributed by atoms with Crippen molar-refractivity contribution in [1.82, 2.24) is 5.32 Å². The van der Waals surface area contributed by atoms with Crippen LogP contribution in [-0.4, -0.2) is 37.0 Å². The van der Waals surface area contributed by atoms with Crippen LogP contribution >= 0.6 is 23.2 Å². The molecule has 0 saturated carbocycles. The van der Waals surface area contributed by atoms with Crippen LogP contribution in [0.3, 0.4) is 0 Å². The lowest BCUT2D eigenvalue weighted by atomic mass is 10.1. The van der Waals surface area contributed by atoms with Gasteiger partial charge in [-0.1, -0.05) is 35.3 Å². The smallest absolute Gasteiger partial charge is 0.266 e. The number of fused-ring (bicyclic) bond motifs is 1. The quantitative estimate of drug-likeness (QED) is 0.767. The first-order valence-corrected chi connectivity index (χ1v) is 9.59. The van der Waals surface area contributed by atoms with Crippen molar-refractivity contribution < 1.29 is 19.1 Å². The normalized spacial score (nSPS) is 18.5. The zero-order chi connectivity index (χ0) is 19.8. The third-order valence-corrected chi connectivity index (χ3v) is 5.55. The highest BCUT2D eigenvalue weighted by Gasteiger charge is 2.39. The van der Waals surface area contributed by atoms with E-state index in [-0.39, 0.29) is 44.4 Å². The summed E-state index contributed by atoms with van der Waals surface area (Å²) in [5.41, 5.74) is 0.765. The standard InChI is InChI=1S/C20H16Cl2N2O4/c21-15-8-13-14(9-16(15)22)20(27)24(19(13)26)17-6-2-1-5-12(17)18(25)23-10-11-4-3-7-28-11/h1-2,5-6,8-9,11H,3-4,7,10H2,(H,23,25)/t11-/m1/s1. The van der Waals surface area contributed by atoms with Gasteiger partial charge in [-0.3, -0.25) is 14.4 Å². The molecule has 1 saturated heterocycles. The van der Waals surface area contributed by atoms with Crippen LogP contribution in [0.25, 0.3) is 0 Å². The molecule has 0 aromatic heterocycles. The molecule has 2 aromatic carbocycles. The number of benzene rings is 2. The SMILES string of the molecule is O=C(NC[C@H]1CCCO1)c1ccccc1N1C(=O)c2cc(Cl)c(Cl)cc2C1=O. The third kappa shape index (κ3) is 3.28. The minimum absolute atomic E-state index is 0.0142. The number of para-hydroxylation sites is 1. The van der Waals surface area contributed by atoms with Crippen molar-refractivity contribution in [3.8, 4) is 0 Å². The van der Waals surface area contributed by atoms with Gasteiger partial charge < -0.3 is 10.1 Å².